The van der Waals surface area contributed by atoms with Gasteiger partial charge in [-0.3, -0.25) is 0 Å². The largest absolute Gasteiger partial charge is 0.497 e. The second-order valence-electron chi connectivity index (χ2n) is 6.34. The Morgan fingerprint density at radius 3 is 2.29 bits per heavy atom. The maximum Gasteiger partial charge on any atom is 0.243 e. The van der Waals surface area contributed by atoms with E-state index in [1.807, 2.05) is 37.4 Å². The Hall–Kier alpha value is -2.14. The molecule has 0 atom stereocenters. The molecule has 0 amide bonds. The van der Waals surface area contributed by atoms with Crippen molar-refractivity contribution in [3.8, 4) is 22.8 Å². The molecule has 31 heavy (non-hydrogen) atoms. The van der Waals surface area contributed by atoms with Gasteiger partial charge in [-0.15, -0.1) is 28.3 Å². The summed E-state index contributed by atoms with van der Waals surface area (Å²) in [5, 5.41) is 5.86. The van der Waals surface area contributed by atoms with E-state index in [1.54, 1.807) is 38.5 Å². The lowest BCUT2D eigenvalue weighted by molar-refractivity contribution is 0.405. The molecule has 1 aromatic heterocycles. The lowest BCUT2D eigenvalue weighted by Crippen LogP contribution is -2.30. The highest BCUT2D eigenvalue weighted by Gasteiger charge is 2.21. The Morgan fingerprint density at radius 1 is 1.03 bits per heavy atom. The molecule has 1 heterocycles. The highest BCUT2D eigenvalue weighted by molar-refractivity contribution is 8.93. The van der Waals surface area contributed by atoms with Gasteiger partial charge in [0.1, 0.15) is 11.5 Å². The van der Waals surface area contributed by atoms with Crippen molar-refractivity contribution in [1.29, 1.82) is 0 Å². The molecule has 0 aliphatic carbocycles. The van der Waals surface area contributed by atoms with Gasteiger partial charge in [-0.2, -0.15) is 4.31 Å². The Kier molecular flexibility index (Phi) is 8.87. The Bertz CT molecular complexity index is 1100. The highest BCUT2D eigenvalue weighted by atomic mass is 79.9. The molecule has 3 rings (SSSR count). The molecule has 10 heteroatoms. The minimum atomic E-state index is -3.47. The number of benzene rings is 2. The van der Waals surface area contributed by atoms with Crippen LogP contribution in [-0.4, -0.2) is 45.0 Å². The number of thiazole rings is 1. The predicted octanol–water partition coefficient (Wildman–Crippen LogP) is 5.18. The summed E-state index contributed by atoms with van der Waals surface area (Å²) in [6.07, 6.45) is 0. The molecular formula is C21H26BrN3O4S2. The maximum atomic E-state index is 12.6. The molecule has 168 valence electrons. The van der Waals surface area contributed by atoms with Gasteiger partial charge in [0.2, 0.25) is 10.0 Å². The zero-order valence-corrected chi connectivity index (χ0v) is 21.1. The molecule has 0 spiro atoms. The molecule has 0 aliphatic heterocycles. The Morgan fingerprint density at radius 2 is 1.71 bits per heavy atom. The van der Waals surface area contributed by atoms with Crippen molar-refractivity contribution in [1.82, 2.24) is 9.29 Å². The number of halogens is 1. The molecule has 0 unspecified atom stereocenters. The minimum absolute atomic E-state index is 0. The maximum absolute atomic E-state index is 12.6. The van der Waals surface area contributed by atoms with Crippen LogP contribution in [0, 0.1) is 0 Å². The van der Waals surface area contributed by atoms with Gasteiger partial charge in [-0.25, -0.2) is 13.4 Å². The molecule has 7 nitrogen and oxygen atoms in total. The van der Waals surface area contributed by atoms with Gasteiger partial charge in [0, 0.05) is 30.1 Å². The van der Waals surface area contributed by atoms with E-state index in [4.69, 9.17) is 9.47 Å². The van der Waals surface area contributed by atoms with E-state index < -0.39 is 10.0 Å². The summed E-state index contributed by atoms with van der Waals surface area (Å²) >= 11 is 1.45. The van der Waals surface area contributed by atoms with Gasteiger partial charge in [0.25, 0.3) is 0 Å². The predicted molar refractivity (Wildman–Crippen MR) is 131 cm³/mol. The van der Waals surface area contributed by atoms with Crippen molar-refractivity contribution in [2.24, 2.45) is 0 Å². The molecule has 0 radical (unpaired) electrons. The number of anilines is 2. The molecule has 0 fully saturated rings. The summed E-state index contributed by atoms with van der Waals surface area (Å²) in [4.78, 5) is 4.90. The zero-order valence-electron chi connectivity index (χ0n) is 17.8. The topological polar surface area (TPSA) is 80.8 Å². The third-order valence-corrected chi connectivity index (χ3v) is 7.47. The lowest BCUT2D eigenvalue weighted by Gasteiger charge is -2.18. The monoisotopic (exact) mass is 527 g/mol. The van der Waals surface area contributed by atoms with Gasteiger partial charge in [0.15, 0.2) is 5.13 Å². The van der Waals surface area contributed by atoms with E-state index >= 15 is 0 Å². The third kappa shape index (κ3) is 5.57. The van der Waals surface area contributed by atoms with Crippen LogP contribution in [0.3, 0.4) is 0 Å². The number of rotatable bonds is 9. The van der Waals surface area contributed by atoms with Gasteiger partial charge >= 0.3 is 0 Å². The number of nitrogens with zero attached hydrogens (tertiary/aromatic N) is 2. The van der Waals surface area contributed by atoms with E-state index in [-0.39, 0.29) is 21.9 Å². The van der Waals surface area contributed by atoms with E-state index in [1.165, 1.54) is 15.6 Å². The van der Waals surface area contributed by atoms with Crippen LogP contribution < -0.4 is 14.8 Å². The summed E-state index contributed by atoms with van der Waals surface area (Å²) in [5.74, 6) is 1.39. The van der Waals surface area contributed by atoms with Crippen molar-refractivity contribution in [2.75, 3.05) is 32.6 Å². The second-order valence-corrected chi connectivity index (χ2v) is 9.14. The van der Waals surface area contributed by atoms with Crippen LogP contribution in [0.2, 0.25) is 0 Å². The molecule has 1 N–H and O–H groups in total. The van der Waals surface area contributed by atoms with Crippen LogP contribution in [0.15, 0.2) is 52.7 Å². The number of aromatic nitrogens is 1. The quantitative estimate of drug-likeness (QED) is 0.412. The van der Waals surface area contributed by atoms with Crippen LogP contribution >= 0.6 is 28.3 Å². The molecule has 3 aromatic rings. The van der Waals surface area contributed by atoms with Crippen LogP contribution in [-0.2, 0) is 10.0 Å². The SMILES string of the molecule is Br.CCN(CC)S(=O)(=O)c1ccc(-c2csc(Nc3cc(OC)ccc3OC)n2)cc1. The van der Waals surface area contributed by atoms with E-state index in [0.29, 0.717) is 29.7 Å². The summed E-state index contributed by atoms with van der Waals surface area (Å²) in [5.41, 5.74) is 2.35. The Labute approximate surface area is 197 Å². The molecule has 0 saturated carbocycles. The molecule has 0 bridgehead atoms. The number of ether oxygens (including phenoxy) is 2. The first-order chi connectivity index (χ1) is 14.4. The molecular weight excluding hydrogens is 502 g/mol. The normalized spacial score (nSPS) is 11.1. The smallest absolute Gasteiger partial charge is 0.243 e. The first-order valence-electron chi connectivity index (χ1n) is 9.48. The van der Waals surface area contributed by atoms with Gasteiger partial charge < -0.3 is 14.8 Å². The van der Waals surface area contributed by atoms with Gasteiger partial charge in [-0.05, 0) is 24.3 Å². The number of sulfonamides is 1. The molecule has 2 aromatic carbocycles. The number of nitrogens with one attached hydrogen (secondary N) is 1. The first kappa shape index (κ1) is 25.1. The van der Waals surface area contributed by atoms with Crippen LogP contribution in [0.4, 0.5) is 10.8 Å². The fraction of sp³-hybridized carbons (Fsp3) is 0.286. The van der Waals surface area contributed by atoms with Gasteiger partial charge in [0.05, 0.1) is 30.5 Å². The van der Waals surface area contributed by atoms with E-state index in [9.17, 15) is 8.42 Å². The summed E-state index contributed by atoms with van der Waals surface area (Å²) in [6.45, 7) is 4.54. The van der Waals surface area contributed by atoms with E-state index in [0.717, 1.165) is 16.9 Å². The lowest BCUT2D eigenvalue weighted by atomic mass is 10.2. The minimum Gasteiger partial charge on any atom is -0.497 e. The average Bonchev–Trinajstić information content (AvgIpc) is 3.23. The van der Waals surface area contributed by atoms with E-state index in [2.05, 4.69) is 10.3 Å². The molecule has 0 saturated heterocycles. The van der Waals surface area contributed by atoms with Gasteiger partial charge in [-0.1, -0.05) is 26.0 Å². The standard InChI is InChI=1S/C21H25N3O4S2.BrH/c1-5-24(6-2)30(25,26)17-10-7-15(8-11-17)19-14-29-21(23-19)22-18-13-16(27-3)9-12-20(18)28-4;/h7-14H,5-6H2,1-4H3,(H,22,23);1H. The number of methoxy groups -OCH3 is 2. The first-order valence-corrected chi connectivity index (χ1v) is 11.8. The van der Waals surface area contributed by atoms with Crippen molar-refractivity contribution in [2.45, 2.75) is 18.7 Å². The summed E-state index contributed by atoms with van der Waals surface area (Å²) in [6, 6.07) is 12.3. The van der Waals surface area contributed by atoms with Crippen molar-refractivity contribution in [3.05, 3.63) is 47.8 Å². The fourth-order valence-electron chi connectivity index (χ4n) is 3.00. The van der Waals surface area contributed by atoms with Crippen molar-refractivity contribution < 1.29 is 17.9 Å². The average molecular weight is 528 g/mol. The third-order valence-electron chi connectivity index (χ3n) is 4.65. The van der Waals surface area contributed by atoms with Crippen LogP contribution in [0.25, 0.3) is 11.3 Å². The number of hydrogen-bond donors (Lipinski definition) is 1. The number of hydrogen-bond acceptors (Lipinski definition) is 7. The zero-order chi connectivity index (χ0) is 21.7. The van der Waals surface area contributed by atoms with Crippen LogP contribution in [0.1, 0.15) is 13.8 Å². The summed E-state index contributed by atoms with van der Waals surface area (Å²) < 4.78 is 37.4. The van der Waals surface area contributed by atoms with Crippen molar-refractivity contribution in [3.63, 3.8) is 0 Å². The summed E-state index contributed by atoms with van der Waals surface area (Å²) in [7, 11) is -0.259. The second kappa shape index (κ2) is 10.9. The highest BCUT2D eigenvalue weighted by Crippen LogP contribution is 2.34. The molecule has 0 aliphatic rings. The fourth-order valence-corrected chi connectivity index (χ4v) is 5.19. The van der Waals surface area contributed by atoms with Crippen LogP contribution in [0.5, 0.6) is 11.5 Å². The Balaban J connectivity index is 0.00000341. The van der Waals surface area contributed by atoms with Crippen molar-refractivity contribution >= 4 is 49.2 Å².